The number of hydrogen-bond donors (Lipinski definition) is 2. The molecule has 0 aliphatic heterocycles. The van der Waals surface area contributed by atoms with Crippen LogP contribution in [0.3, 0.4) is 0 Å². The van der Waals surface area contributed by atoms with Gasteiger partial charge in [-0.05, 0) is 48.6 Å². The maximum Gasteiger partial charge on any atom is 0.270 e. The third kappa shape index (κ3) is 4.31. The molecule has 1 amide bonds. The molecule has 5 aromatic rings. The maximum absolute atomic E-state index is 13.4. The number of carbonyl (C=O) groups is 1. The van der Waals surface area contributed by atoms with Crippen LogP contribution in [0.25, 0.3) is 22.6 Å². The van der Waals surface area contributed by atoms with E-state index in [0.29, 0.717) is 16.2 Å². The van der Waals surface area contributed by atoms with Crippen LogP contribution in [0, 0.1) is 10.6 Å². The van der Waals surface area contributed by atoms with Crippen LogP contribution in [0.2, 0.25) is 0 Å². The van der Waals surface area contributed by atoms with Crippen LogP contribution in [-0.2, 0) is 6.54 Å². The van der Waals surface area contributed by atoms with Gasteiger partial charge in [0.25, 0.3) is 5.91 Å². The number of para-hydroxylation sites is 1. The monoisotopic (exact) mass is 469 g/mol. The van der Waals surface area contributed by atoms with Gasteiger partial charge in [-0.2, -0.15) is 5.10 Å². The summed E-state index contributed by atoms with van der Waals surface area (Å²) in [6, 6.07) is 25.4. The summed E-state index contributed by atoms with van der Waals surface area (Å²) < 4.78 is 17.1. The average Bonchev–Trinajstić information content (AvgIpc) is 3.48. The summed E-state index contributed by atoms with van der Waals surface area (Å²) in [5, 5.41) is 7.75. The van der Waals surface area contributed by atoms with E-state index in [0.717, 1.165) is 22.5 Å². The Kier molecular flexibility index (Phi) is 5.88. The number of benzene rings is 3. The fourth-order valence-electron chi connectivity index (χ4n) is 3.74. The largest absolute Gasteiger partial charge is 0.346 e. The first-order valence-electron chi connectivity index (χ1n) is 10.6. The second kappa shape index (κ2) is 9.29. The summed E-state index contributed by atoms with van der Waals surface area (Å²) in [7, 11) is 0. The highest BCUT2D eigenvalue weighted by Crippen LogP contribution is 2.24. The molecule has 2 N–H and O–H groups in total. The van der Waals surface area contributed by atoms with Gasteiger partial charge < -0.3 is 10.3 Å². The molecule has 0 fully saturated rings. The molecule has 168 valence electrons. The Bertz CT molecular complexity index is 1490. The molecule has 0 bridgehead atoms. The molecular formula is C26H20FN5OS. The number of rotatable bonds is 6. The van der Waals surface area contributed by atoms with E-state index >= 15 is 0 Å². The lowest BCUT2D eigenvalue weighted by molar-refractivity contribution is 0.0944. The summed E-state index contributed by atoms with van der Waals surface area (Å²) in [5.41, 5.74) is 4.46. The lowest BCUT2D eigenvalue weighted by Crippen LogP contribution is -2.25. The van der Waals surface area contributed by atoms with Crippen molar-refractivity contribution < 1.29 is 9.18 Å². The Hall–Kier alpha value is -4.30. The minimum absolute atomic E-state index is 0.261. The van der Waals surface area contributed by atoms with Crippen LogP contribution in [0.15, 0.2) is 97.3 Å². The third-order valence-electron chi connectivity index (χ3n) is 5.39. The SMILES string of the molecule is O=C(NCc1cn(-c2ccccc2)nc1-c1ccccc1)c1c[nH]c(=S)n1-c1ccc(F)cc1. The Morgan fingerprint density at radius 2 is 1.62 bits per heavy atom. The number of nitrogens with one attached hydrogen (secondary N) is 2. The van der Waals surface area contributed by atoms with Gasteiger partial charge in [0.2, 0.25) is 0 Å². The van der Waals surface area contributed by atoms with E-state index in [2.05, 4.69) is 10.3 Å². The fourth-order valence-corrected chi connectivity index (χ4v) is 4.00. The molecule has 8 heteroatoms. The summed E-state index contributed by atoms with van der Waals surface area (Å²) in [5.74, 6) is -0.677. The zero-order valence-corrected chi connectivity index (χ0v) is 18.8. The lowest BCUT2D eigenvalue weighted by atomic mass is 10.1. The first-order valence-corrected chi connectivity index (χ1v) is 11.0. The van der Waals surface area contributed by atoms with Crippen LogP contribution in [0.4, 0.5) is 4.39 Å². The molecule has 34 heavy (non-hydrogen) atoms. The highest BCUT2D eigenvalue weighted by Gasteiger charge is 2.17. The molecule has 0 aliphatic carbocycles. The lowest BCUT2D eigenvalue weighted by Gasteiger charge is -2.09. The van der Waals surface area contributed by atoms with E-state index in [1.165, 1.54) is 12.1 Å². The van der Waals surface area contributed by atoms with Gasteiger partial charge in [-0.1, -0.05) is 48.5 Å². The molecule has 0 radical (unpaired) electrons. The Labute approximate surface area is 200 Å². The molecular weight excluding hydrogens is 449 g/mol. The molecule has 2 heterocycles. The summed E-state index contributed by atoms with van der Waals surface area (Å²) in [6.07, 6.45) is 3.47. The van der Waals surface area contributed by atoms with Gasteiger partial charge in [-0.3, -0.25) is 9.36 Å². The number of carbonyl (C=O) groups excluding carboxylic acids is 1. The van der Waals surface area contributed by atoms with Crippen molar-refractivity contribution in [3.8, 4) is 22.6 Å². The molecule has 0 spiro atoms. The zero-order valence-electron chi connectivity index (χ0n) is 18.0. The summed E-state index contributed by atoms with van der Waals surface area (Å²) >= 11 is 5.35. The van der Waals surface area contributed by atoms with E-state index in [1.807, 2.05) is 66.9 Å². The average molecular weight is 470 g/mol. The van der Waals surface area contributed by atoms with E-state index in [9.17, 15) is 9.18 Å². The number of aromatic amines is 1. The van der Waals surface area contributed by atoms with Crippen LogP contribution in [0.5, 0.6) is 0 Å². The van der Waals surface area contributed by atoms with E-state index in [4.69, 9.17) is 17.3 Å². The number of nitrogens with zero attached hydrogens (tertiary/aromatic N) is 3. The molecule has 3 aromatic carbocycles. The van der Waals surface area contributed by atoms with E-state index in [-0.39, 0.29) is 18.3 Å². The molecule has 0 aliphatic rings. The normalized spacial score (nSPS) is 10.9. The van der Waals surface area contributed by atoms with Crippen molar-refractivity contribution in [1.82, 2.24) is 24.6 Å². The van der Waals surface area contributed by atoms with Crippen LogP contribution in [-0.4, -0.2) is 25.2 Å². The van der Waals surface area contributed by atoms with Gasteiger partial charge in [0.15, 0.2) is 4.77 Å². The predicted octanol–water partition coefficient (Wildman–Crippen LogP) is 5.46. The number of amides is 1. The number of H-pyrrole nitrogens is 1. The van der Waals surface area contributed by atoms with Gasteiger partial charge in [0, 0.05) is 35.8 Å². The van der Waals surface area contributed by atoms with Crippen molar-refractivity contribution in [3.63, 3.8) is 0 Å². The van der Waals surface area contributed by atoms with Crippen molar-refractivity contribution in [2.75, 3.05) is 0 Å². The third-order valence-corrected chi connectivity index (χ3v) is 5.69. The van der Waals surface area contributed by atoms with Gasteiger partial charge >= 0.3 is 0 Å². The van der Waals surface area contributed by atoms with Crippen LogP contribution < -0.4 is 5.32 Å². The predicted molar refractivity (Wildman–Crippen MR) is 131 cm³/mol. The molecule has 6 nitrogen and oxygen atoms in total. The second-order valence-corrected chi connectivity index (χ2v) is 8.01. The topological polar surface area (TPSA) is 67.6 Å². The van der Waals surface area contributed by atoms with Gasteiger partial charge in [0.1, 0.15) is 11.5 Å². The van der Waals surface area contributed by atoms with Gasteiger partial charge in [-0.25, -0.2) is 9.07 Å². The minimum atomic E-state index is -0.360. The Morgan fingerprint density at radius 1 is 0.941 bits per heavy atom. The molecule has 0 unspecified atom stereocenters. The quantitative estimate of drug-likeness (QED) is 0.325. The van der Waals surface area contributed by atoms with Crippen LogP contribution in [0.1, 0.15) is 16.1 Å². The number of halogens is 1. The Balaban J connectivity index is 1.45. The first kappa shape index (κ1) is 21.5. The standard InChI is InChI=1S/C26H20FN5OS/c27-20-11-13-22(14-12-20)32-23(16-29-26(32)34)25(33)28-15-19-17-31(21-9-5-2-6-10-21)30-24(19)18-7-3-1-4-8-18/h1-14,16-17H,15H2,(H,28,33)(H,29,34). The first-order chi connectivity index (χ1) is 16.6. The summed E-state index contributed by atoms with van der Waals surface area (Å²) in [6.45, 7) is 0.261. The van der Waals surface area contributed by atoms with Crippen LogP contribution >= 0.6 is 12.2 Å². The number of imidazole rings is 1. The van der Waals surface area contributed by atoms with E-state index < -0.39 is 0 Å². The zero-order chi connectivity index (χ0) is 23.5. The molecule has 0 saturated carbocycles. The van der Waals surface area contributed by atoms with Crippen molar-refractivity contribution in [1.29, 1.82) is 0 Å². The second-order valence-electron chi connectivity index (χ2n) is 7.62. The molecule has 0 atom stereocenters. The highest BCUT2D eigenvalue weighted by atomic mass is 32.1. The van der Waals surface area contributed by atoms with E-state index in [1.54, 1.807) is 27.6 Å². The van der Waals surface area contributed by atoms with Gasteiger partial charge in [0.05, 0.1) is 11.4 Å². The van der Waals surface area contributed by atoms with Crippen molar-refractivity contribution in [2.24, 2.45) is 0 Å². The van der Waals surface area contributed by atoms with Crippen molar-refractivity contribution in [2.45, 2.75) is 6.54 Å². The summed E-state index contributed by atoms with van der Waals surface area (Å²) in [4.78, 5) is 16.0. The molecule has 5 rings (SSSR count). The maximum atomic E-state index is 13.4. The Morgan fingerprint density at radius 3 is 2.32 bits per heavy atom. The number of aromatic nitrogens is 4. The number of hydrogen-bond acceptors (Lipinski definition) is 3. The minimum Gasteiger partial charge on any atom is -0.346 e. The van der Waals surface area contributed by atoms with Gasteiger partial charge in [-0.15, -0.1) is 0 Å². The highest BCUT2D eigenvalue weighted by molar-refractivity contribution is 7.71. The smallest absolute Gasteiger partial charge is 0.270 e. The molecule has 2 aromatic heterocycles. The van der Waals surface area contributed by atoms with Crippen molar-refractivity contribution in [3.05, 3.63) is 119 Å². The fraction of sp³-hybridized carbons (Fsp3) is 0.0385. The van der Waals surface area contributed by atoms with Crippen molar-refractivity contribution >= 4 is 18.1 Å². The molecule has 0 saturated heterocycles.